The van der Waals surface area contributed by atoms with Crippen LogP contribution in [0.1, 0.15) is 71.6 Å². The fourth-order valence-electron chi connectivity index (χ4n) is 3.07. The van der Waals surface area contributed by atoms with Crippen LogP contribution >= 0.6 is 0 Å². The molecule has 126 valence electrons. The van der Waals surface area contributed by atoms with Crippen molar-refractivity contribution in [1.29, 1.82) is 0 Å². The van der Waals surface area contributed by atoms with Crippen molar-refractivity contribution in [2.24, 2.45) is 0 Å². The Hall–Kier alpha value is -0.120. The van der Waals surface area contributed by atoms with Crippen molar-refractivity contribution in [1.82, 2.24) is 10.2 Å². The molecule has 3 nitrogen and oxygen atoms in total. The lowest BCUT2D eigenvalue weighted by molar-refractivity contribution is -0.00735. The third-order valence-corrected chi connectivity index (χ3v) is 4.46. The number of unbranched alkanes of at least 4 members (excludes halogenated alkanes) is 7. The highest BCUT2D eigenvalue weighted by molar-refractivity contribution is 4.77. The van der Waals surface area contributed by atoms with Gasteiger partial charge in [0.05, 0.1) is 13.2 Å². The summed E-state index contributed by atoms with van der Waals surface area (Å²) in [5.74, 6) is 0. The van der Waals surface area contributed by atoms with Gasteiger partial charge in [-0.15, -0.1) is 0 Å². The normalized spacial score (nSPS) is 20.0. The Labute approximate surface area is 132 Å². The summed E-state index contributed by atoms with van der Waals surface area (Å²) in [6.07, 6.45) is 12.5. The second-order valence-electron chi connectivity index (χ2n) is 6.44. The molecule has 1 rings (SSSR count). The van der Waals surface area contributed by atoms with Crippen molar-refractivity contribution in [2.45, 2.75) is 77.7 Å². The lowest BCUT2D eigenvalue weighted by Gasteiger charge is -2.35. The summed E-state index contributed by atoms with van der Waals surface area (Å²) in [4.78, 5) is 2.64. The van der Waals surface area contributed by atoms with Crippen LogP contribution in [0.2, 0.25) is 0 Å². The van der Waals surface area contributed by atoms with E-state index in [2.05, 4.69) is 24.1 Å². The number of hydrogen-bond acceptors (Lipinski definition) is 3. The van der Waals surface area contributed by atoms with Gasteiger partial charge in [-0.3, -0.25) is 4.90 Å². The van der Waals surface area contributed by atoms with E-state index in [1.54, 1.807) is 0 Å². The van der Waals surface area contributed by atoms with Gasteiger partial charge >= 0.3 is 0 Å². The molecule has 0 saturated carbocycles. The van der Waals surface area contributed by atoms with E-state index in [0.717, 1.165) is 32.8 Å². The third-order valence-electron chi connectivity index (χ3n) is 4.46. The molecule has 1 aliphatic heterocycles. The summed E-state index contributed by atoms with van der Waals surface area (Å²) in [6.45, 7) is 10.9. The van der Waals surface area contributed by atoms with Gasteiger partial charge in [0.25, 0.3) is 0 Å². The van der Waals surface area contributed by atoms with Crippen LogP contribution in [0.25, 0.3) is 0 Å². The quantitative estimate of drug-likeness (QED) is 0.523. The first-order valence-corrected chi connectivity index (χ1v) is 9.41. The monoisotopic (exact) mass is 298 g/mol. The number of ether oxygens (including phenoxy) is 1. The fraction of sp³-hybridized carbons (Fsp3) is 1.00. The lowest BCUT2D eigenvalue weighted by Crippen LogP contribution is -2.50. The van der Waals surface area contributed by atoms with Gasteiger partial charge in [-0.25, -0.2) is 0 Å². The zero-order chi connectivity index (χ0) is 15.2. The van der Waals surface area contributed by atoms with Crippen LogP contribution in [0.3, 0.4) is 0 Å². The van der Waals surface area contributed by atoms with Gasteiger partial charge in [0, 0.05) is 19.1 Å². The van der Waals surface area contributed by atoms with E-state index in [1.165, 1.54) is 64.3 Å². The van der Waals surface area contributed by atoms with Crippen molar-refractivity contribution >= 4 is 0 Å². The average Bonchev–Trinajstić information content (AvgIpc) is 2.51. The first-order valence-electron chi connectivity index (χ1n) is 9.41. The molecule has 1 heterocycles. The molecule has 1 N–H and O–H groups in total. The first kappa shape index (κ1) is 18.9. The summed E-state index contributed by atoms with van der Waals surface area (Å²) in [7, 11) is 0. The molecule has 21 heavy (non-hydrogen) atoms. The maximum absolute atomic E-state index is 5.64. The van der Waals surface area contributed by atoms with E-state index in [0.29, 0.717) is 6.04 Å². The molecule has 0 amide bonds. The van der Waals surface area contributed by atoms with Gasteiger partial charge in [-0.05, 0) is 25.9 Å². The van der Waals surface area contributed by atoms with Crippen molar-refractivity contribution in [3.8, 4) is 0 Å². The standard InChI is InChI=1S/C18H38N2O/c1-3-5-6-7-8-9-10-11-13-20-14-15-21-17-18(20)16-19-12-4-2/h18-19H,3-17H2,1-2H3. The molecule has 0 aromatic heterocycles. The van der Waals surface area contributed by atoms with Gasteiger partial charge in [0.2, 0.25) is 0 Å². The minimum atomic E-state index is 0.592. The average molecular weight is 299 g/mol. The SMILES string of the molecule is CCCCCCCCCCN1CCOCC1CNCCC. The number of hydrogen-bond donors (Lipinski definition) is 1. The zero-order valence-electron chi connectivity index (χ0n) is 14.5. The number of morpholine rings is 1. The minimum Gasteiger partial charge on any atom is -0.378 e. The Bertz CT molecular complexity index is 223. The van der Waals surface area contributed by atoms with Crippen LogP contribution in [0.15, 0.2) is 0 Å². The van der Waals surface area contributed by atoms with E-state index in [1.807, 2.05) is 0 Å². The molecule has 0 aliphatic carbocycles. The zero-order valence-corrected chi connectivity index (χ0v) is 14.5. The molecule has 0 radical (unpaired) electrons. The fourth-order valence-corrected chi connectivity index (χ4v) is 3.07. The van der Waals surface area contributed by atoms with Crippen LogP contribution in [0.4, 0.5) is 0 Å². The molecule has 1 atom stereocenters. The first-order chi connectivity index (χ1) is 10.4. The molecule has 1 aliphatic rings. The van der Waals surface area contributed by atoms with E-state index in [9.17, 15) is 0 Å². The largest absolute Gasteiger partial charge is 0.378 e. The minimum absolute atomic E-state index is 0.592. The lowest BCUT2D eigenvalue weighted by atomic mass is 10.1. The third kappa shape index (κ3) is 9.49. The topological polar surface area (TPSA) is 24.5 Å². The second-order valence-corrected chi connectivity index (χ2v) is 6.44. The predicted octanol–water partition coefficient (Wildman–Crippen LogP) is 3.83. The van der Waals surface area contributed by atoms with Crippen LogP contribution in [-0.4, -0.2) is 50.3 Å². The molecule has 0 bridgehead atoms. The van der Waals surface area contributed by atoms with Gasteiger partial charge in [-0.1, -0.05) is 58.8 Å². The van der Waals surface area contributed by atoms with E-state index < -0.39 is 0 Å². The molecule has 0 aromatic carbocycles. The molecule has 1 fully saturated rings. The highest BCUT2D eigenvalue weighted by atomic mass is 16.5. The van der Waals surface area contributed by atoms with Gasteiger partial charge in [-0.2, -0.15) is 0 Å². The molecule has 0 aromatic rings. The molecule has 1 unspecified atom stereocenters. The molecule has 0 spiro atoms. The Morgan fingerprint density at radius 3 is 2.38 bits per heavy atom. The summed E-state index contributed by atoms with van der Waals surface area (Å²) in [6, 6.07) is 0.592. The molecule has 3 heteroatoms. The van der Waals surface area contributed by atoms with Crippen LogP contribution in [0.5, 0.6) is 0 Å². The Morgan fingerprint density at radius 1 is 0.952 bits per heavy atom. The van der Waals surface area contributed by atoms with Crippen molar-refractivity contribution in [3.63, 3.8) is 0 Å². The number of rotatable bonds is 13. The Balaban J connectivity index is 2.02. The van der Waals surface area contributed by atoms with Gasteiger partial charge < -0.3 is 10.1 Å². The van der Waals surface area contributed by atoms with Gasteiger partial charge in [0.15, 0.2) is 0 Å². The van der Waals surface area contributed by atoms with E-state index in [4.69, 9.17) is 4.74 Å². The van der Waals surface area contributed by atoms with Crippen LogP contribution in [0, 0.1) is 0 Å². The molecule has 1 saturated heterocycles. The summed E-state index contributed by atoms with van der Waals surface area (Å²) in [5, 5.41) is 3.54. The Kier molecular flexibility index (Phi) is 12.2. The van der Waals surface area contributed by atoms with Crippen molar-refractivity contribution < 1.29 is 4.74 Å². The van der Waals surface area contributed by atoms with Gasteiger partial charge in [0.1, 0.15) is 0 Å². The molecular formula is C18H38N2O. The number of nitrogens with zero attached hydrogens (tertiary/aromatic N) is 1. The van der Waals surface area contributed by atoms with Crippen LogP contribution < -0.4 is 5.32 Å². The number of nitrogens with one attached hydrogen (secondary N) is 1. The predicted molar refractivity (Wildman–Crippen MR) is 92.0 cm³/mol. The maximum Gasteiger partial charge on any atom is 0.0634 e. The van der Waals surface area contributed by atoms with E-state index >= 15 is 0 Å². The summed E-state index contributed by atoms with van der Waals surface area (Å²) in [5.41, 5.74) is 0. The molecular weight excluding hydrogens is 260 g/mol. The Morgan fingerprint density at radius 2 is 1.67 bits per heavy atom. The highest BCUT2D eigenvalue weighted by Gasteiger charge is 2.21. The summed E-state index contributed by atoms with van der Waals surface area (Å²) >= 11 is 0. The van der Waals surface area contributed by atoms with Crippen molar-refractivity contribution in [3.05, 3.63) is 0 Å². The second kappa shape index (κ2) is 13.5. The van der Waals surface area contributed by atoms with Crippen molar-refractivity contribution in [2.75, 3.05) is 39.4 Å². The van der Waals surface area contributed by atoms with E-state index in [-0.39, 0.29) is 0 Å². The smallest absolute Gasteiger partial charge is 0.0634 e. The van der Waals surface area contributed by atoms with Crippen LogP contribution in [-0.2, 0) is 4.74 Å². The maximum atomic E-state index is 5.64. The highest BCUT2D eigenvalue weighted by Crippen LogP contribution is 2.11. The summed E-state index contributed by atoms with van der Waals surface area (Å²) < 4.78 is 5.64.